The number of hydrogen-bond donors (Lipinski definition) is 1. The number of fused-ring (bicyclic) bond motifs is 3. The van der Waals surface area contributed by atoms with Gasteiger partial charge in [-0.05, 0) is 48.1 Å². The molecule has 1 aliphatic rings. The third-order valence-corrected chi connectivity index (χ3v) is 5.74. The van der Waals surface area contributed by atoms with Crippen LogP contribution in [0, 0.1) is 6.92 Å². The number of alkyl halides is 1. The highest BCUT2D eigenvalue weighted by atomic mass is 19.1. The summed E-state index contributed by atoms with van der Waals surface area (Å²) >= 11 is 0. The topological polar surface area (TPSA) is 45.3 Å². The molecule has 4 nitrogen and oxygen atoms in total. The maximum Gasteiger partial charge on any atom is 0.410 e. The van der Waals surface area contributed by atoms with E-state index in [-0.39, 0.29) is 12.6 Å². The molecule has 29 heavy (non-hydrogen) atoms. The summed E-state index contributed by atoms with van der Waals surface area (Å²) in [6, 6.07) is 14.5. The second-order valence-corrected chi connectivity index (χ2v) is 8.04. The van der Waals surface area contributed by atoms with Crippen molar-refractivity contribution in [2.75, 3.05) is 19.8 Å². The Balaban J connectivity index is 1.81. The van der Waals surface area contributed by atoms with Crippen LogP contribution in [-0.2, 0) is 11.2 Å². The molecule has 5 heteroatoms. The number of ether oxygens (including phenoxy) is 1. The second-order valence-electron chi connectivity index (χ2n) is 8.04. The van der Waals surface area contributed by atoms with Crippen LogP contribution >= 0.6 is 0 Å². The number of nitrogens with zero attached hydrogens (tertiary/aromatic N) is 1. The second kappa shape index (κ2) is 7.90. The molecule has 1 aliphatic heterocycles. The Labute approximate surface area is 170 Å². The van der Waals surface area contributed by atoms with E-state index in [0.717, 1.165) is 23.2 Å². The van der Waals surface area contributed by atoms with Gasteiger partial charge in [0.1, 0.15) is 19.3 Å². The molecule has 0 spiro atoms. The molecule has 0 bridgehead atoms. The first-order valence-electron chi connectivity index (χ1n) is 10.2. The fourth-order valence-electron chi connectivity index (χ4n) is 4.22. The molecule has 0 fully saturated rings. The fraction of sp³-hybridized carbons (Fsp3) is 0.375. The molecule has 0 saturated carbocycles. The van der Waals surface area contributed by atoms with Gasteiger partial charge in [0, 0.05) is 23.1 Å². The van der Waals surface area contributed by atoms with Gasteiger partial charge in [0.05, 0.1) is 0 Å². The van der Waals surface area contributed by atoms with Crippen molar-refractivity contribution in [3.8, 4) is 0 Å². The van der Waals surface area contributed by atoms with E-state index in [1.807, 2.05) is 0 Å². The summed E-state index contributed by atoms with van der Waals surface area (Å²) < 4.78 is 17.7. The van der Waals surface area contributed by atoms with Crippen molar-refractivity contribution in [2.24, 2.45) is 0 Å². The van der Waals surface area contributed by atoms with Gasteiger partial charge in [-0.3, -0.25) is 4.90 Å². The van der Waals surface area contributed by atoms with E-state index in [0.29, 0.717) is 12.5 Å². The first-order valence-corrected chi connectivity index (χ1v) is 10.2. The molecule has 0 radical (unpaired) electrons. The molecule has 0 aliphatic carbocycles. The van der Waals surface area contributed by atoms with E-state index in [1.165, 1.54) is 22.1 Å². The molecule has 1 atom stereocenters. The standard InChI is InChI=1S/C24H27FN2O2/c1-15(2)17-5-7-18(8-6-17)23-22-19(10-12-27(23)24(28)29-13-11-25)20-14-16(3)4-9-21(20)26-22/h4-9,14-15,23,26H,10-13H2,1-3H3. The van der Waals surface area contributed by atoms with E-state index in [2.05, 4.69) is 68.2 Å². The van der Waals surface area contributed by atoms with Gasteiger partial charge in [0.2, 0.25) is 0 Å². The number of benzene rings is 2. The normalized spacial score (nSPS) is 16.3. The minimum absolute atomic E-state index is 0.215. The largest absolute Gasteiger partial charge is 0.447 e. The van der Waals surface area contributed by atoms with E-state index >= 15 is 0 Å². The molecule has 1 unspecified atom stereocenters. The lowest BCUT2D eigenvalue weighted by atomic mass is 9.91. The summed E-state index contributed by atoms with van der Waals surface area (Å²) in [5.74, 6) is 0.438. The van der Waals surface area contributed by atoms with Gasteiger partial charge >= 0.3 is 6.09 Å². The molecule has 0 saturated heterocycles. The third-order valence-electron chi connectivity index (χ3n) is 5.74. The minimum atomic E-state index is -0.676. The van der Waals surface area contributed by atoms with Crippen LogP contribution in [-0.4, -0.2) is 35.8 Å². The number of H-pyrrole nitrogens is 1. The number of aryl methyl sites for hydroxylation is 1. The molecular formula is C24H27FN2O2. The summed E-state index contributed by atoms with van der Waals surface area (Å²) in [7, 11) is 0. The smallest absolute Gasteiger partial charge is 0.410 e. The predicted octanol–water partition coefficient (Wildman–Crippen LogP) is 5.65. The number of halogens is 1. The number of rotatable bonds is 4. The maximum atomic E-state index is 12.7. The van der Waals surface area contributed by atoms with E-state index in [4.69, 9.17) is 4.74 Å². The summed E-state index contributed by atoms with van der Waals surface area (Å²) in [5.41, 5.74) is 6.83. The predicted molar refractivity (Wildman–Crippen MR) is 113 cm³/mol. The number of hydrogen-bond acceptors (Lipinski definition) is 2. The van der Waals surface area contributed by atoms with Crippen LogP contribution in [0.4, 0.5) is 9.18 Å². The summed E-state index contributed by atoms with van der Waals surface area (Å²) in [4.78, 5) is 18.0. The van der Waals surface area contributed by atoms with Crippen LogP contribution in [0.3, 0.4) is 0 Å². The Morgan fingerprint density at radius 3 is 2.69 bits per heavy atom. The van der Waals surface area contributed by atoms with Crippen molar-refractivity contribution >= 4 is 17.0 Å². The Kier molecular flexibility index (Phi) is 5.31. The Hall–Kier alpha value is -2.82. The van der Waals surface area contributed by atoms with Gasteiger partial charge in [-0.15, -0.1) is 0 Å². The number of carbonyl (C=O) groups is 1. The zero-order chi connectivity index (χ0) is 20.5. The molecular weight excluding hydrogens is 367 g/mol. The van der Waals surface area contributed by atoms with Gasteiger partial charge in [-0.1, -0.05) is 49.7 Å². The molecule has 1 amide bonds. The lowest BCUT2D eigenvalue weighted by molar-refractivity contribution is 0.0837. The monoisotopic (exact) mass is 394 g/mol. The van der Waals surface area contributed by atoms with Crippen molar-refractivity contribution in [2.45, 2.75) is 39.2 Å². The van der Waals surface area contributed by atoms with Gasteiger partial charge < -0.3 is 9.72 Å². The van der Waals surface area contributed by atoms with Crippen LogP contribution < -0.4 is 0 Å². The molecule has 2 heterocycles. The number of nitrogens with one attached hydrogen (secondary N) is 1. The fourth-order valence-corrected chi connectivity index (χ4v) is 4.22. The minimum Gasteiger partial charge on any atom is -0.447 e. The van der Waals surface area contributed by atoms with Crippen molar-refractivity contribution in [3.05, 3.63) is 70.4 Å². The zero-order valence-corrected chi connectivity index (χ0v) is 17.2. The summed E-state index contributed by atoms with van der Waals surface area (Å²) in [5, 5.41) is 1.21. The van der Waals surface area contributed by atoms with Crippen LogP contribution in [0.25, 0.3) is 10.9 Å². The average molecular weight is 394 g/mol. The number of aromatic nitrogens is 1. The van der Waals surface area contributed by atoms with Gasteiger partial charge in [-0.2, -0.15) is 0 Å². The highest BCUT2D eigenvalue weighted by Gasteiger charge is 2.35. The summed E-state index contributed by atoms with van der Waals surface area (Å²) in [6.07, 6.45) is 0.269. The van der Waals surface area contributed by atoms with Crippen molar-refractivity contribution in [3.63, 3.8) is 0 Å². The van der Waals surface area contributed by atoms with Crippen molar-refractivity contribution in [1.29, 1.82) is 0 Å². The first kappa shape index (κ1) is 19.5. The molecule has 4 rings (SSSR count). The maximum absolute atomic E-state index is 12.7. The van der Waals surface area contributed by atoms with E-state index < -0.39 is 12.8 Å². The average Bonchev–Trinajstić information content (AvgIpc) is 3.09. The van der Waals surface area contributed by atoms with Crippen molar-refractivity contribution in [1.82, 2.24) is 9.88 Å². The molecule has 3 aromatic rings. The molecule has 2 aromatic carbocycles. The highest BCUT2D eigenvalue weighted by molar-refractivity contribution is 5.86. The number of aromatic amines is 1. The van der Waals surface area contributed by atoms with Gasteiger partial charge in [-0.25, -0.2) is 9.18 Å². The summed E-state index contributed by atoms with van der Waals surface area (Å²) in [6.45, 7) is 6.06. The molecule has 1 aromatic heterocycles. The van der Waals surface area contributed by atoms with Gasteiger partial charge in [0.15, 0.2) is 0 Å². The SMILES string of the molecule is Cc1ccc2[nH]c3c(c2c1)CCN(C(=O)OCCF)C3c1ccc(C(C)C)cc1. The highest BCUT2D eigenvalue weighted by Crippen LogP contribution is 2.39. The quantitative estimate of drug-likeness (QED) is 0.621. The van der Waals surface area contributed by atoms with Crippen LogP contribution in [0.2, 0.25) is 0 Å². The molecule has 152 valence electrons. The Morgan fingerprint density at radius 2 is 2.00 bits per heavy atom. The lowest BCUT2D eigenvalue weighted by Crippen LogP contribution is -2.41. The van der Waals surface area contributed by atoms with Gasteiger partial charge in [0.25, 0.3) is 0 Å². The molecule has 1 N–H and O–H groups in total. The Morgan fingerprint density at radius 1 is 1.24 bits per heavy atom. The number of amides is 1. The van der Waals surface area contributed by atoms with E-state index in [9.17, 15) is 9.18 Å². The van der Waals surface area contributed by atoms with Crippen LogP contribution in [0.1, 0.15) is 53.8 Å². The zero-order valence-electron chi connectivity index (χ0n) is 17.2. The van der Waals surface area contributed by atoms with Crippen LogP contribution in [0.5, 0.6) is 0 Å². The Bertz CT molecular complexity index is 1020. The number of carbonyl (C=O) groups excluding carboxylic acids is 1. The third kappa shape index (κ3) is 3.61. The van der Waals surface area contributed by atoms with E-state index in [1.54, 1.807) is 4.90 Å². The lowest BCUT2D eigenvalue weighted by Gasteiger charge is -2.35. The van der Waals surface area contributed by atoms with Crippen LogP contribution in [0.15, 0.2) is 42.5 Å². The van der Waals surface area contributed by atoms with Crippen molar-refractivity contribution < 1.29 is 13.9 Å². The first-order chi connectivity index (χ1) is 14.0.